The second kappa shape index (κ2) is 15.8. The van der Waals surface area contributed by atoms with E-state index >= 15 is 0 Å². The lowest BCUT2D eigenvalue weighted by molar-refractivity contribution is 0.0825. The number of hydrogen-bond acceptors (Lipinski definition) is 10. The van der Waals surface area contributed by atoms with Crippen LogP contribution in [0.5, 0.6) is 11.5 Å². The summed E-state index contributed by atoms with van der Waals surface area (Å²) in [7, 11) is 0. The molecule has 6 aromatic rings. The van der Waals surface area contributed by atoms with Gasteiger partial charge in [-0.05, 0) is 81.2 Å². The number of benzene rings is 4. The number of tetrazole rings is 2. The maximum absolute atomic E-state index is 5.77. The third kappa shape index (κ3) is 7.56. The molecule has 0 unspecified atom stereocenters. The molecule has 256 valence electrons. The van der Waals surface area contributed by atoms with Crippen LogP contribution >= 0.6 is 0 Å². The molecule has 0 radical (unpaired) electrons. The van der Waals surface area contributed by atoms with Gasteiger partial charge in [0.1, 0.15) is 11.5 Å². The number of piperazine rings is 1. The van der Waals surface area contributed by atoms with Gasteiger partial charge in [-0.2, -0.15) is 0 Å². The average molecular weight is 671 g/mol. The Bertz CT molecular complexity index is 1760. The van der Waals surface area contributed by atoms with Gasteiger partial charge in [-0.3, -0.25) is 9.80 Å². The Balaban J connectivity index is 1.18. The topological polar surface area (TPSA) is 112 Å². The molecular formula is C38H42N10O2. The zero-order chi connectivity index (χ0) is 34.1. The zero-order valence-electron chi connectivity index (χ0n) is 28.5. The fourth-order valence-corrected chi connectivity index (χ4v) is 6.68. The Morgan fingerprint density at radius 2 is 0.900 bits per heavy atom. The van der Waals surface area contributed by atoms with Crippen molar-refractivity contribution in [3.63, 3.8) is 0 Å². The van der Waals surface area contributed by atoms with Gasteiger partial charge in [0, 0.05) is 26.2 Å². The normalized spacial score (nSPS) is 15.1. The van der Waals surface area contributed by atoms with Crippen molar-refractivity contribution in [1.29, 1.82) is 0 Å². The Hall–Kier alpha value is -5.46. The molecule has 1 aliphatic heterocycles. The van der Waals surface area contributed by atoms with Gasteiger partial charge in [-0.1, -0.05) is 84.9 Å². The lowest BCUT2D eigenvalue weighted by Crippen LogP contribution is -2.50. The van der Waals surface area contributed by atoms with Crippen molar-refractivity contribution in [3.8, 4) is 11.5 Å². The molecule has 0 spiro atoms. The van der Waals surface area contributed by atoms with Gasteiger partial charge in [0.2, 0.25) is 0 Å². The fraction of sp³-hybridized carbons (Fsp3) is 0.316. The molecule has 3 heterocycles. The van der Waals surface area contributed by atoms with Crippen molar-refractivity contribution in [1.82, 2.24) is 50.2 Å². The molecule has 7 rings (SSSR count). The summed E-state index contributed by atoms with van der Waals surface area (Å²) in [5.74, 6) is 3.30. The average Bonchev–Trinajstić information content (AvgIpc) is 3.81. The Labute approximate surface area is 292 Å². The molecule has 12 nitrogen and oxygen atoms in total. The van der Waals surface area contributed by atoms with Crippen LogP contribution in [0.4, 0.5) is 0 Å². The van der Waals surface area contributed by atoms with E-state index in [9.17, 15) is 0 Å². The minimum Gasteiger partial charge on any atom is -0.494 e. The smallest absolute Gasteiger partial charge is 0.173 e. The summed E-state index contributed by atoms with van der Waals surface area (Å²) >= 11 is 0. The number of nitrogens with zero attached hydrogens (tertiary/aromatic N) is 10. The first kappa shape index (κ1) is 33.1. The molecule has 0 saturated carbocycles. The summed E-state index contributed by atoms with van der Waals surface area (Å²) in [4.78, 5) is 4.95. The quantitative estimate of drug-likeness (QED) is 0.156. The van der Waals surface area contributed by atoms with Gasteiger partial charge in [0.05, 0.1) is 38.4 Å². The monoisotopic (exact) mass is 670 g/mol. The van der Waals surface area contributed by atoms with Gasteiger partial charge in [-0.25, -0.2) is 9.36 Å². The molecule has 0 N–H and O–H groups in total. The molecule has 4 aromatic carbocycles. The highest BCUT2D eigenvalue weighted by Crippen LogP contribution is 2.34. The largest absolute Gasteiger partial charge is 0.494 e. The van der Waals surface area contributed by atoms with Crippen molar-refractivity contribution in [2.24, 2.45) is 0 Å². The van der Waals surface area contributed by atoms with Crippen LogP contribution in [-0.2, 0) is 13.1 Å². The van der Waals surface area contributed by atoms with E-state index in [4.69, 9.17) is 9.47 Å². The van der Waals surface area contributed by atoms with Gasteiger partial charge in [0.25, 0.3) is 0 Å². The number of rotatable bonds is 14. The number of hydrogen-bond donors (Lipinski definition) is 0. The highest BCUT2D eigenvalue weighted by molar-refractivity contribution is 5.34. The second-order valence-corrected chi connectivity index (χ2v) is 12.2. The van der Waals surface area contributed by atoms with E-state index in [2.05, 4.69) is 89.4 Å². The van der Waals surface area contributed by atoms with Gasteiger partial charge < -0.3 is 9.47 Å². The van der Waals surface area contributed by atoms with Crippen LogP contribution in [0.2, 0.25) is 0 Å². The van der Waals surface area contributed by atoms with Crippen LogP contribution < -0.4 is 9.47 Å². The van der Waals surface area contributed by atoms with Crippen molar-refractivity contribution < 1.29 is 9.47 Å². The van der Waals surface area contributed by atoms with E-state index in [-0.39, 0.29) is 12.1 Å². The maximum atomic E-state index is 5.77. The van der Waals surface area contributed by atoms with Gasteiger partial charge >= 0.3 is 0 Å². The first-order chi connectivity index (χ1) is 24.7. The lowest BCUT2D eigenvalue weighted by atomic mass is 10.0. The standard InChI is InChI=1S/C38H42N10O2/c1-3-49-33-19-15-31(16-20-33)35(37-39-41-43-47(37)27-29-11-7-5-8-12-29)45-23-25-46(26-24-45)36(32-17-21-34(22-18-32)50-4-2)38-40-42-44-48(38)28-30-13-9-6-10-14-30/h5-22,35-36H,3-4,23-28H2,1-2H3/t35-,36-/m1/s1. The Kier molecular flexibility index (Phi) is 10.5. The summed E-state index contributed by atoms with van der Waals surface area (Å²) < 4.78 is 15.4. The summed E-state index contributed by atoms with van der Waals surface area (Å²) in [5.41, 5.74) is 4.51. The zero-order valence-corrected chi connectivity index (χ0v) is 28.5. The summed E-state index contributed by atoms with van der Waals surface area (Å²) in [6.07, 6.45) is 0. The van der Waals surface area contributed by atoms with Gasteiger partial charge in [-0.15, -0.1) is 10.2 Å². The molecule has 0 aliphatic carbocycles. The van der Waals surface area contributed by atoms with E-state index < -0.39 is 0 Å². The molecule has 2 aromatic heterocycles. The third-order valence-electron chi connectivity index (χ3n) is 9.05. The fourth-order valence-electron chi connectivity index (χ4n) is 6.68. The molecule has 1 fully saturated rings. The van der Waals surface area contributed by atoms with Crippen LogP contribution in [0.25, 0.3) is 0 Å². The molecule has 12 heteroatoms. The minimum atomic E-state index is -0.154. The van der Waals surface area contributed by atoms with Crippen molar-refractivity contribution in [2.75, 3.05) is 39.4 Å². The van der Waals surface area contributed by atoms with Crippen molar-refractivity contribution in [2.45, 2.75) is 39.0 Å². The number of aromatic nitrogens is 8. The van der Waals surface area contributed by atoms with E-state index in [0.717, 1.165) is 71.6 Å². The van der Waals surface area contributed by atoms with Crippen LogP contribution in [0, 0.1) is 0 Å². The van der Waals surface area contributed by atoms with E-state index in [1.165, 1.54) is 0 Å². The molecule has 0 amide bonds. The highest BCUT2D eigenvalue weighted by atomic mass is 16.5. The molecule has 1 saturated heterocycles. The van der Waals surface area contributed by atoms with E-state index in [1.54, 1.807) is 0 Å². The molecule has 50 heavy (non-hydrogen) atoms. The lowest BCUT2D eigenvalue weighted by Gasteiger charge is -2.41. The maximum Gasteiger partial charge on any atom is 0.173 e. The van der Waals surface area contributed by atoms with Crippen molar-refractivity contribution in [3.05, 3.63) is 143 Å². The van der Waals surface area contributed by atoms with Crippen LogP contribution in [0.15, 0.2) is 109 Å². The Morgan fingerprint density at radius 1 is 0.520 bits per heavy atom. The SMILES string of the molecule is CCOc1ccc([C@H](c2nnnn2Cc2ccccc2)N2CCN([C@H](c3ccc(OCC)cc3)c3nnnn3Cc3ccccc3)CC2)cc1. The third-order valence-corrected chi connectivity index (χ3v) is 9.05. The predicted molar refractivity (Wildman–Crippen MR) is 189 cm³/mol. The number of ether oxygens (including phenoxy) is 2. The van der Waals surface area contributed by atoms with Gasteiger partial charge in [0.15, 0.2) is 11.6 Å². The van der Waals surface area contributed by atoms with E-state index in [1.807, 2.05) is 83.9 Å². The van der Waals surface area contributed by atoms with Crippen LogP contribution in [-0.4, -0.2) is 89.6 Å². The first-order valence-corrected chi connectivity index (χ1v) is 17.2. The predicted octanol–water partition coefficient (Wildman–Crippen LogP) is 5.05. The van der Waals surface area contributed by atoms with Crippen LogP contribution in [0.1, 0.15) is 59.8 Å². The minimum absolute atomic E-state index is 0.154. The summed E-state index contributed by atoms with van der Waals surface area (Å²) in [6.45, 7) is 9.51. The van der Waals surface area contributed by atoms with E-state index in [0.29, 0.717) is 26.3 Å². The molecule has 1 aliphatic rings. The summed E-state index contributed by atoms with van der Waals surface area (Å²) in [6, 6.07) is 36.9. The molecule has 0 bridgehead atoms. The van der Waals surface area contributed by atoms with Crippen molar-refractivity contribution >= 4 is 0 Å². The molecular weight excluding hydrogens is 628 g/mol. The molecule has 2 atom stereocenters. The Morgan fingerprint density at radius 3 is 1.26 bits per heavy atom. The van der Waals surface area contributed by atoms with Crippen LogP contribution in [0.3, 0.4) is 0 Å². The second-order valence-electron chi connectivity index (χ2n) is 12.2. The highest BCUT2D eigenvalue weighted by Gasteiger charge is 2.35. The first-order valence-electron chi connectivity index (χ1n) is 17.2. The summed E-state index contributed by atoms with van der Waals surface area (Å²) in [5, 5.41) is 26.4.